The molecule has 0 spiro atoms. The summed E-state index contributed by atoms with van der Waals surface area (Å²) < 4.78 is 6.18. The maximum absolute atomic E-state index is 6.23. The molecule has 1 aliphatic rings. The van der Waals surface area contributed by atoms with Crippen molar-refractivity contribution in [2.24, 2.45) is 5.73 Å². The topological polar surface area (TPSA) is 47.3 Å². The van der Waals surface area contributed by atoms with Crippen LogP contribution in [0, 0.1) is 0 Å². The summed E-state index contributed by atoms with van der Waals surface area (Å²) in [6.07, 6.45) is 3.51. The summed E-state index contributed by atoms with van der Waals surface area (Å²) in [4.78, 5) is 0. The van der Waals surface area contributed by atoms with Crippen LogP contribution < -0.4 is 15.8 Å². The van der Waals surface area contributed by atoms with Crippen LogP contribution in [0.15, 0.2) is 22.7 Å². The van der Waals surface area contributed by atoms with E-state index in [2.05, 4.69) is 27.3 Å². The Morgan fingerprint density at radius 2 is 2.41 bits per heavy atom. The Morgan fingerprint density at radius 3 is 3.00 bits per heavy atom. The molecule has 2 atom stereocenters. The molecule has 0 saturated carbocycles. The molecular formula is C13H19BrN2O. The van der Waals surface area contributed by atoms with Crippen molar-refractivity contribution in [3.63, 3.8) is 0 Å². The van der Waals surface area contributed by atoms with Gasteiger partial charge < -0.3 is 15.8 Å². The number of rotatable bonds is 4. The van der Waals surface area contributed by atoms with Gasteiger partial charge in [0.15, 0.2) is 0 Å². The van der Waals surface area contributed by atoms with E-state index in [1.807, 2.05) is 12.1 Å². The molecule has 0 aromatic heterocycles. The Balaban J connectivity index is 2.02. The number of benzene rings is 1. The van der Waals surface area contributed by atoms with E-state index in [4.69, 9.17) is 10.5 Å². The summed E-state index contributed by atoms with van der Waals surface area (Å²) in [5.74, 6) is 0.847. The maximum atomic E-state index is 6.23. The molecule has 0 bridgehead atoms. The highest BCUT2D eigenvalue weighted by molar-refractivity contribution is 9.10. The highest BCUT2D eigenvalue weighted by Gasteiger charge is 2.18. The van der Waals surface area contributed by atoms with Crippen molar-refractivity contribution in [2.45, 2.75) is 31.3 Å². The first-order valence-corrected chi connectivity index (χ1v) is 6.82. The van der Waals surface area contributed by atoms with E-state index in [0.717, 1.165) is 28.8 Å². The van der Waals surface area contributed by atoms with E-state index in [1.54, 1.807) is 7.11 Å². The van der Waals surface area contributed by atoms with Crippen molar-refractivity contribution < 1.29 is 4.74 Å². The Morgan fingerprint density at radius 1 is 1.59 bits per heavy atom. The molecule has 1 fully saturated rings. The minimum atomic E-state index is 0.0906. The summed E-state index contributed by atoms with van der Waals surface area (Å²) in [5.41, 5.74) is 7.39. The van der Waals surface area contributed by atoms with Crippen LogP contribution >= 0.6 is 15.9 Å². The lowest BCUT2D eigenvalue weighted by molar-refractivity contribution is 0.411. The van der Waals surface area contributed by atoms with Gasteiger partial charge in [0, 0.05) is 12.1 Å². The number of nitrogens with one attached hydrogen (secondary N) is 1. The molecule has 3 nitrogen and oxygen atoms in total. The standard InChI is InChI=1S/C13H19BrN2O/c1-17-13-5-4-9(7-11(13)14)12(15)8-10-3-2-6-16-10/h4-5,7,10,12,16H,2-3,6,8,15H2,1H3. The molecule has 17 heavy (non-hydrogen) atoms. The Labute approximate surface area is 111 Å². The van der Waals surface area contributed by atoms with Gasteiger partial charge in [-0.3, -0.25) is 0 Å². The molecule has 0 amide bonds. The summed E-state index contributed by atoms with van der Waals surface area (Å²) in [5, 5.41) is 3.48. The fourth-order valence-corrected chi connectivity index (χ4v) is 2.87. The molecule has 1 aromatic rings. The number of ether oxygens (including phenoxy) is 1. The molecule has 1 aliphatic heterocycles. The summed E-state index contributed by atoms with van der Waals surface area (Å²) in [6.45, 7) is 1.13. The molecule has 1 aromatic carbocycles. The van der Waals surface area contributed by atoms with Crippen LogP contribution in [0.2, 0.25) is 0 Å². The van der Waals surface area contributed by atoms with Crippen LogP contribution in [0.3, 0.4) is 0 Å². The third kappa shape index (κ3) is 3.21. The maximum Gasteiger partial charge on any atom is 0.133 e. The Kier molecular flexibility index (Phi) is 4.42. The highest BCUT2D eigenvalue weighted by Crippen LogP contribution is 2.29. The lowest BCUT2D eigenvalue weighted by Gasteiger charge is -2.18. The number of nitrogens with two attached hydrogens (primary N) is 1. The van der Waals surface area contributed by atoms with Crippen LogP contribution in [-0.4, -0.2) is 19.7 Å². The smallest absolute Gasteiger partial charge is 0.133 e. The molecule has 4 heteroatoms. The summed E-state index contributed by atoms with van der Waals surface area (Å²) >= 11 is 3.49. The average Bonchev–Trinajstić information content (AvgIpc) is 2.81. The van der Waals surface area contributed by atoms with Gasteiger partial charge in [0.05, 0.1) is 11.6 Å². The number of halogens is 1. The minimum absolute atomic E-state index is 0.0906. The predicted octanol–water partition coefficient (Wildman–Crippen LogP) is 2.60. The monoisotopic (exact) mass is 298 g/mol. The van der Waals surface area contributed by atoms with Crippen LogP contribution in [0.5, 0.6) is 5.75 Å². The fraction of sp³-hybridized carbons (Fsp3) is 0.538. The highest BCUT2D eigenvalue weighted by atomic mass is 79.9. The van der Waals surface area contributed by atoms with Gasteiger partial charge in [-0.2, -0.15) is 0 Å². The zero-order valence-electron chi connectivity index (χ0n) is 10.1. The lowest BCUT2D eigenvalue weighted by atomic mass is 9.99. The Bertz CT molecular complexity index is 378. The average molecular weight is 299 g/mol. The minimum Gasteiger partial charge on any atom is -0.496 e. The first-order chi connectivity index (χ1) is 8.20. The van der Waals surface area contributed by atoms with Crippen molar-refractivity contribution in [2.75, 3.05) is 13.7 Å². The molecular weight excluding hydrogens is 280 g/mol. The van der Waals surface area contributed by atoms with Gasteiger partial charge >= 0.3 is 0 Å². The molecule has 0 aliphatic carbocycles. The van der Waals surface area contributed by atoms with Crippen LogP contribution in [0.4, 0.5) is 0 Å². The van der Waals surface area contributed by atoms with Crippen molar-refractivity contribution in [1.82, 2.24) is 5.32 Å². The van der Waals surface area contributed by atoms with Gasteiger partial charge in [0.2, 0.25) is 0 Å². The molecule has 3 N–H and O–H groups in total. The van der Waals surface area contributed by atoms with Crippen LogP contribution in [0.25, 0.3) is 0 Å². The Hall–Kier alpha value is -0.580. The third-order valence-electron chi connectivity index (χ3n) is 3.30. The van der Waals surface area contributed by atoms with Gasteiger partial charge in [-0.1, -0.05) is 6.07 Å². The molecule has 1 saturated heterocycles. The fourth-order valence-electron chi connectivity index (χ4n) is 2.31. The summed E-state index contributed by atoms with van der Waals surface area (Å²) in [7, 11) is 1.67. The van der Waals surface area contributed by atoms with E-state index < -0.39 is 0 Å². The molecule has 2 rings (SSSR count). The second-order valence-corrected chi connectivity index (χ2v) is 5.38. The second kappa shape index (κ2) is 5.85. The molecule has 2 unspecified atom stereocenters. The van der Waals surface area contributed by atoms with E-state index >= 15 is 0 Å². The van der Waals surface area contributed by atoms with Gasteiger partial charge in [-0.15, -0.1) is 0 Å². The van der Waals surface area contributed by atoms with Crippen molar-refractivity contribution in [1.29, 1.82) is 0 Å². The van der Waals surface area contributed by atoms with E-state index in [1.165, 1.54) is 12.8 Å². The predicted molar refractivity (Wildman–Crippen MR) is 73.3 cm³/mol. The zero-order chi connectivity index (χ0) is 12.3. The molecule has 0 radical (unpaired) electrons. The summed E-state index contributed by atoms with van der Waals surface area (Å²) in [6, 6.07) is 6.72. The van der Waals surface area contributed by atoms with Crippen molar-refractivity contribution >= 4 is 15.9 Å². The number of hydrogen-bond donors (Lipinski definition) is 2. The number of hydrogen-bond acceptors (Lipinski definition) is 3. The van der Waals surface area contributed by atoms with E-state index in [9.17, 15) is 0 Å². The largest absolute Gasteiger partial charge is 0.496 e. The normalized spacial score (nSPS) is 21.5. The molecule has 94 valence electrons. The molecule has 1 heterocycles. The third-order valence-corrected chi connectivity index (χ3v) is 3.92. The lowest BCUT2D eigenvalue weighted by Crippen LogP contribution is -2.26. The quantitative estimate of drug-likeness (QED) is 0.898. The van der Waals surface area contributed by atoms with Gasteiger partial charge in [0.1, 0.15) is 5.75 Å². The zero-order valence-corrected chi connectivity index (χ0v) is 11.7. The first kappa shape index (κ1) is 12.9. The van der Waals surface area contributed by atoms with Crippen LogP contribution in [0.1, 0.15) is 30.9 Å². The van der Waals surface area contributed by atoms with Crippen molar-refractivity contribution in [3.8, 4) is 5.75 Å². The van der Waals surface area contributed by atoms with Gasteiger partial charge in [-0.05, 0) is 59.4 Å². The van der Waals surface area contributed by atoms with E-state index in [-0.39, 0.29) is 6.04 Å². The van der Waals surface area contributed by atoms with Crippen molar-refractivity contribution in [3.05, 3.63) is 28.2 Å². The number of methoxy groups -OCH3 is 1. The van der Waals surface area contributed by atoms with Gasteiger partial charge in [0.25, 0.3) is 0 Å². The van der Waals surface area contributed by atoms with E-state index in [0.29, 0.717) is 6.04 Å². The van der Waals surface area contributed by atoms with Gasteiger partial charge in [-0.25, -0.2) is 0 Å². The SMILES string of the molecule is COc1ccc(C(N)CC2CCCN2)cc1Br. The van der Waals surface area contributed by atoms with Crippen LogP contribution in [-0.2, 0) is 0 Å². The first-order valence-electron chi connectivity index (χ1n) is 6.03. The second-order valence-electron chi connectivity index (χ2n) is 4.53.